The first kappa shape index (κ1) is 15.6. The second-order valence-corrected chi connectivity index (χ2v) is 5.62. The number of rotatable bonds is 5. The molecule has 1 aromatic carbocycles. The number of hydrogen-bond donors (Lipinski definition) is 1. The van der Waals surface area contributed by atoms with E-state index in [2.05, 4.69) is 29.1 Å². The number of hydrogen-bond acceptors (Lipinski definition) is 4. The molecule has 0 fully saturated rings. The van der Waals surface area contributed by atoms with E-state index in [4.69, 9.17) is 16.3 Å². The maximum atomic E-state index is 5.88. The average Bonchev–Trinajstić information content (AvgIpc) is 2.47. The van der Waals surface area contributed by atoms with Gasteiger partial charge in [-0.3, -0.25) is 0 Å². The number of halogens is 1. The Hall–Kier alpha value is -1.81. The molecule has 112 valence electrons. The van der Waals surface area contributed by atoms with Crippen LogP contribution in [-0.4, -0.2) is 17.0 Å². The zero-order valence-electron chi connectivity index (χ0n) is 12.8. The topological polar surface area (TPSA) is 47.0 Å². The van der Waals surface area contributed by atoms with E-state index in [9.17, 15) is 0 Å². The van der Waals surface area contributed by atoms with Crippen molar-refractivity contribution >= 4 is 17.4 Å². The average molecular weight is 306 g/mol. The van der Waals surface area contributed by atoms with E-state index in [1.54, 1.807) is 0 Å². The Morgan fingerprint density at radius 1 is 1.19 bits per heavy atom. The molecule has 0 aliphatic heterocycles. The standard InChI is InChI=1S/C16H20ClN3O/c1-10(2)14-19-15(18-4)11(3)16(20-14)21-9-12-5-7-13(17)8-6-12/h5-8,10H,9H2,1-4H3,(H,18,19,20). The zero-order valence-corrected chi connectivity index (χ0v) is 13.5. The van der Waals surface area contributed by atoms with Gasteiger partial charge in [0.15, 0.2) is 0 Å². The zero-order chi connectivity index (χ0) is 15.4. The first-order valence-corrected chi connectivity index (χ1v) is 7.32. The molecule has 1 aromatic heterocycles. The van der Waals surface area contributed by atoms with E-state index in [1.165, 1.54) is 0 Å². The van der Waals surface area contributed by atoms with Crippen LogP contribution in [0.3, 0.4) is 0 Å². The van der Waals surface area contributed by atoms with Crippen LogP contribution in [0.25, 0.3) is 0 Å². The van der Waals surface area contributed by atoms with Crippen LogP contribution in [0.2, 0.25) is 5.02 Å². The third-order valence-electron chi connectivity index (χ3n) is 3.16. The van der Waals surface area contributed by atoms with Crippen LogP contribution >= 0.6 is 11.6 Å². The fourth-order valence-corrected chi connectivity index (χ4v) is 2.01. The summed E-state index contributed by atoms with van der Waals surface area (Å²) in [5, 5.41) is 3.81. The van der Waals surface area contributed by atoms with Gasteiger partial charge in [0, 0.05) is 18.0 Å². The lowest BCUT2D eigenvalue weighted by Gasteiger charge is -2.14. The Morgan fingerprint density at radius 3 is 2.43 bits per heavy atom. The molecule has 0 spiro atoms. The Labute approximate surface area is 130 Å². The van der Waals surface area contributed by atoms with Crippen LogP contribution in [0.5, 0.6) is 5.88 Å². The molecule has 2 aromatic rings. The van der Waals surface area contributed by atoms with Crippen molar-refractivity contribution < 1.29 is 4.74 Å². The van der Waals surface area contributed by atoms with Crippen LogP contribution in [0.4, 0.5) is 5.82 Å². The van der Waals surface area contributed by atoms with Crippen molar-refractivity contribution in [1.29, 1.82) is 0 Å². The fraction of sp³-hybridized carbons (Fsp3) is 0.375. The summed E-state index contributed by atoms with van der Waals surface area (Å²) in [5.74, 6) is 2.44. The maximum absolute atomic E-state index is 5.88. The molecule has 2 rings (SSSR count). The second-order valence-electron chi connectivity index (χ2n) is 5.18. The maximum Gasteiger partial charge on any atom is 0.222 e. The lowest BCUT2D eigenvalue weighted by atomic mass is 10.2. The highest BCUT2D eigenvalue weighted by Crippen LogP contribution is 2.25. The van der Waals surface area contributed by atoms with Gasteiger partial charge in [-0.25, -0.2) is 4.98 Å². The monoisotopic (exact) mass is 305 g/mol. The molecule has 1 N–H and O–H groups in total. The first-order chi connectivity index (χ1) is 10.0. The lowest BCUT2D eigenvalue weighted by Crippen LogP contribution is -2.08. The van der Waals surface area contributed by atoms with Crippen molar-refractivity contribution in [2.24, 2.45) is 0 Å². The van der Waals surface area contributed by atoms with Crippen molar-refractivity contribution in [2.45, 2.75) is 33.3 Å². The van der Waals surface area contributed by atoms with Gasteiger partial charge in [-0.05, 0) is 24.6 Å². The lowest BCUT2D eigenvalue weighted by molar-refractivity contribution is 0.289. The predicted molar refractivity (Wildman–Crippen MR) is 86.2 cm³/mol. The largest absolute Gasteiger partial charge is 0.472 e. The molecule has 0 aliphatic rings. The molecule has 0 bridgehead atoms. The number of nitrogens with zero attached hydrogens (tertiary/aromatic N) is 2. The van der Waals surface area contributed by atoms with Crippen molar-refractivity contribution in [2.75, 3.05) is 12.4 Å². The normalized spacial score (nSPS) is 10.8. The Bertz CT molecular complexity index is 612. The summed E-state index contributed by atoms with van der Waals surface area (Å²) in [6.45, 7) is 6.53. The summed E-state index contributed by atoms with van der Waals surface area (Å²) in [6.07, 6.45) is 0. The minimum atomic E-state index is 0.246. The molecule has 0 saturated carbocycles. The molecule has 0 atom stereocenters. The smallest absolute Gasteiger partial charge is 0.222 e. The summed E-state index contributed by atoms with van der Waals surface area (Å²) in [4.78, 5) is 9.01. The molecule has 0 saturated heterocycles. The minimum Gasteiger partial charge on any atom is -0.472 e. The van der Waals surface area contributed by atoms with Gasteiger partial charge in [0.05, 0.1) is 5.56 Å². The van der Waals surface area contributed by atoms with Gasteiger partial charge in [-0.15, -0.1) is 0 Å². The quantitative estimate of drug-likeness (QED) is 0.900. The van der Waals surface area contributed by atoms with E-state index >= 15 is 0 Å². The highest BCUT2D eigenvalue weighted by atomic mass is 35.5. The molecule has 0 aliphatic carbocycles. The molecule has 5 heteroatoms. The predicted octanol–water partition coefficient (Wildman–Crippen LogP) is 4.18. The van der Waals surface area contributed by atoms with Crippen molar-refractivity contribution in [3.05, 3.63) is 46.2 Å². The first-order valence-electron chi connectivity index (χ1n) is 6.94. The highest BCUT2D eigenvalue weighted by molar-refractivity contribution is 6.30. The van der Waals surface area contributed by atoms with Gasteiger partial charge in [0.25, 0.3) is 0 Å². The molecular weight excluding hydrogens is 286 g/mol. The van der Waals surface area contributed by atoms with Gasteiger partial charge in [-0.2, -0.15) is 4.98 Å². The third-order valence-corrected chi connectivity index (χ3v) is 3.41. The van der Waals surface area contributed by atoms with E-state index in [1.807, 2.05) is 38.2 Å². The molecule has 0 amide bonds. The van der Waals surface area contributed by atoms with Gasteiger partial charge >= 0.3 is 0 Å². The Balaban J connectivity index is 2.22. The summed E-state index contributed by atoms with van der Waals surface area (Å²) in [6, 6.07) is 7.60. The molecule has 4 nitrogen and oxygen atoms in total. The summed E-state index contributed by atoms with van der Waals surface area (Å²) >= 11 is 5.88. The van der Waals surface area contributed by atoms with Gasteiger partial charge in [0.1, 0.15) is 18.2 Å². The molecular formula is C16H20ClN3O. The minimum absolute atomic E-state index is 0.246. The number of anilines is 1. The van der Waals surface area contributed by atoms with E-state index in [0.717, 1.165) is 27.8 Å². The number of benzene rings is 1. The van der Waals surface area contributed by atoms with Crippen LogP contribution in [-0.2, 0) is 6.61 Å². The van der Waals surface area contributed by atoms with Gasteiger partial charge in [0.2, 0.25) is 5.88 Å². The van der Waals surface area contributed by atoms with Crippen LogP contribution < -0.4 is 10.1 Å². The third kappa shape index (κ3) is 3.85. The molecule has 21 heavy (non-hydrogen) atoms. The van der Waals surface area contributed by atoms with Gasteiger partial charge < -0.3 is 10.1 Å². The summed E-state index contributed by atoms with van der Waals surface area (Å²) in [5.41, 5.74) is 1.96. The van der Waals surface area contributed by atoms with Crippen LogP contribution in [0, 0.1) is 6.92 Å². The molecule has 0 unspecified atom stereocenters. The summed E-state index contributed by atoms with van der Waals surface area (Å²) < 4.78 is 5.86. The van der Waals surface area contributed by atoms with Crippen molar-refractivity contribution in [3.8, 4) is 5.88 Å². The Morgan fingerprint density at radius 2 is 1.86 bits per heavy atom. The van der Waals surface area contributed by atoms with Crippen molar-refractivity contribution in [3.63, 3.8) is 0 Å². The number of ether oxygens (including phenoxy) is 1. The second kappa shape index (κ2) is 6.76. The SMILES string of the molecule is CNc1nc(C(C)C)nc(OCc2ccc(Cl)cc2)c1C. The van der Waals surface area contributed by atoms with E-state index < -0.39 is 0 Å². The van der Waals surface area contributed by atoms with E-state index in [0.29, 0.717) is 12.5 Å². The van der Waals surface area contributed by atoms with E-state index in [-0.39, 0.29) is 5.92 Å². The number of aromatic nitrogens is 2. The van der Waals surface area contributed by atoms with Crippen LogP contribution in [0.15, 0.2) is 24.3 Å². The molecule has 1 heterocycles. The Kier molecular flexibility index (Phi) is 5.02. The summed E-state index contributed by atoms with van der Waals surface area (Å²) in [7, 11) is 1.85. The van der Waals surface area contributed by atoms with Gasteiger partial charge in [-0.1, -0.05) is 37.6 Å². The fourth-order valence-electron chi connectivity index (χ4n) is 1.89. The number of nitrogens with one attached hydrogen (secondary N) is 1. The van der Waals surface area contributed by atoms with Crippen LogP contribution in [0.1, 0.15) is 36.7 Å². The molecule has 0 radical (unpaired) electrons. The highest BCUT2D eigenvalue weighted by Gasteiger charge is 2.13. The van der Waals surface area contributed by atoms with Crippen molar-refractivity contribution in [1.82, 2.24) is 9.97 Å².